The molecule has 2 aliphatic heterocycles. The minimum atomic E-state index is -0.383. The molecule has 0 N–H and O–H groups in total. The second-order valence-corrected chi connectivity index (χ2v) is 7.10. The Morgan fingerprint density at radius 2 is 1.77 bits per heavy atom. The van der Waals surface area contributed by atoms with Gasteiger partial charge in [0.15, 0.2) is 0 Å². The van der Waals surface area contributed by atoms with Gasteiger partial charge in [-0.3, -0.25) is 4.79 Å². The van der Waals surface area contributed by atoms with E-state index in [0.29, 0.717) is 43.4 Å². The number of amides is 1. The summed E-state index contributed by atoms with van der Waals surface area (Å²) in [5, 5.41) is 0. The van der Waals surface area contributed by atoms with Crippen molar-refractivity contribution in [1.29, 1.82) is 0 Å². The second kappa shape index (κ2) is 8.75. The molecule has 0 spiro atoms. The maximum absolute atomic E-state index is 12.0. The Morgan fingerprint density at radius 1 is 1.15 bits per heavy atom. The largest absolute Gasteiger partial charge is 0.486 e. The predicted octanol–water partition coefficient (Wildman–Crippen LogP) is 1.21. The highest BCUT2D eigenvalue weighted by molar-refractivity contribution is 7.99. The van der Waals surface area contributed by atoms with Crippen LogP contribution in [-0.2, 0) is 19.0 Å². The lowest BCUT2D eigenvalue weighted by Gasteiger charge is -2.19. The van der Waals surface area contributed by atoms with Crippen molar-refractivity contribution in [3.05, 3.63) is 29.8 Å². The van der Waals surface area contributed by atoms with E-state index >= 15 is 0 Å². The summed E-state index contributed by atoms with van der Waals surface area (Å²) in [6.07, 6.45) is 1.45. The minimum absolute atomic E-state index is 0.115. The lowest BCUT2D eigenvalue weighted by Crippen LogP contribution is -2.33. The fraction of sp³-hybridized carbons (Fsp3) is 0.556. The van der Waals surface area contributed by atoms with Crippen LogP contribution < -0.4 is 4.74 Å². The molecule has 1 amide bonds. The van der Waals surface area contributed by atoms with Crippen LogP contribution in [0.25, 0.3) is 0 Å². The number of hydrogen-bond donors (Lipinski definition) is 0. The zero-order valence-electron chi connectivity index (χ0n) is 14.9. The molecule has 0 saturated carbocycles. The number of esters is 1. The van der Waals surface area contributed by atoms with Gasteiger partial charge in [-0.25, -0.2) is 4.79 Å². The number of methoxy groups -OCH3 is 1. The Bertz CT molecular complexity index is 621. The van der Waals surface area contributed by atoms with Gasteiger partial charge in [-0.15, -0.1) is 0 Å². The molecule has 1 aromatic rings. The van der Waals surface area contributed by atoms with Crippen molar-refractivity contribution < 1.29 is 28.5 Å². The van der Waals surface area contributed by atoms with E-state index in [9.17, 15) is 9.59 Å². The molecule has 0 bridgehead atoms. The molecule has 0 unspecified atom stereocenters. The van der Waals surface area contributed by atoms with Crippen molar-refractivity contribution in [2.24, 2.45) is 0 Å². The Balaban J connectivity index is 1.52. The molecule has 2 heterocycles. The van der Waals surface area contributed by atoms with E-state index in [0.717, 1.165) is 0 Å². The van der Waals surface area contributed by atoms with Crippen molar-refractivity contribution >= 4 is 23.6 Å². The van der Waals surface area contributed by atoms with Crippen molar-refractivity contribution in [2.75, 3.05) is 45.4 Å². The molecule has 26 heavy (non-hydrogen) atoms. The van der Waals surface area contributed by atoms with Gasteiger partial charge in [0.05, 0.1) is 31.6 Å². The number of thioether (sulfide) groups is 1. The molecule has 2 atom stereocenters. The molecule has 0 aliphatic carbocycles. The van der Waals surface area contributed by atoms with Gasteiger partial charge in [-0.2, -0.15) is 11.8 Å². The molecule has 1 aromatic carbocycles. The number of ether oxygens (including phenoxy) is 4. The SMILES string of the molecule is COC(=O)c1ccc(OC2CO[C@H]3CN(C(=O)CSC)C[C@@H]3OC2)cc1. The van der Waals surface area contributed by atoms with Crippen LogP contribution >= 0.6 is 11.8 Å². The third-order valence-electron chi connectivity index (χ3n) is 4.41. The first-order chi connectivity index (χ1) is 12.6. The summed E-state index contributed by atoms with van der Waals surface area (Å²) in [7, 11) is 1.35. The molecule has 0 aromatic heterocycles. The first-order valence-electron chi connectivity index (χ1n) is 8.45. The van der Waals surface area contributed by atoms with Crippen molar-refractivity contribution in [1.82, 2.24) is 4.90 Å². The first-order valence-corrected chi connectivity index (χ1v) is 9.85. The van der Waals surface area contributed by atoms with E-state index in [2.05, 4.69) is 4.74 Å². The predicted molar refractivity (Wildman–Crippen MR) is 96.6 cm³/mol. The van der Waals surface area contributed by atoms with Crippen LogP contribution in [0.2, 0.25) is 0 Å². The number of carbonyl (C=O) groups is 2. The van der Waals surface area contributed by atoms with Gasteiger partial charge in [-0.05, 0) is 30.5 Å². The van der Waals surface area contributed by atoms with E-state index < -0.39 is 0 Å². The van der Waals surface area contributed by atoms with Crippen LogP contribution in [0.5, 0.6) is 5.75 Å². The third-order valence-corrected chi connectivity index (χ3v) is 4.94. The zero-order chi connectivity index (χ0) is 18.5. The van der Waals surface area contributed by atoms with Gasteiger partial charge in [0.25, 0.3) is 0 Å². The summed E-state index contributed by atoms with van der Waals surface area (Å²) in [5.41, 5.74) is 0.470. The molecule has 8 heteroatoms. The van der Waals surface area contributed by atoms with E-state index in [-0.39, 0.29) is 30.2 Å². The summed E-state index contributed by atoms with van der Waals surface area (Å²) in [4.78, 5) is 25.3. The van der Waals surface area contributed by atoms with E-state index in [1.165, 1.54) is 18.9 Å². The number of rotatable bonds is 5. The van der Waals surface area contributed by atoms with Gasteiger partial charge >= 0.3 is 5.97 Å². The highest BCUT2D eigenvalue weighted by atomic mass is 32.2. The van der Waals surface area contributed by atoms with Crippen molar-refractivity contribution in [3.8, 4) is 5.75 Å². The number of benzene rings is 1. The molecule has 2 aliphatic rings. The van der Waals surface area contributed by atoms with Gasteiger partial charge in [-0.1, -0.05) is 0 Å². The highest BCUT2D eigenvalue weighted by Crippen LogP contribution is 2.23. The number of carbonyl (C=O) groups excluding carboxylic acids is 2. The van der Waals surface area contributed by atoms with Gasteiger partial charge in [0.2, 0.25) is 5.91 Å². The molecule has 0 radical (unpaired) electrons. The van der Waals surface area contributed by atoms with E-state index in [4.69, 9.17) is 14.2 Å². The van der Waals surface area contributed by atoms with Gasteiger partial charge < -0.3 is 23.8 Å². The normalized spacial score (nSPS) is 23.2. The number of likely N-dealkylation sites (tertiary alicyclic amines) is 1. The summed E-state index contributed by atoms with van der Waals surface area (Å²) in [6, 6.07) is 6.76. The van der Waals surface area contributed by atoms with E-state index in [1.807, 2.05) is 6.26 Å². The Morgan fingerprint density at radius 3 is 2.31 bits per heavy atom. The molecule has 2 saturated heterocycles. The first kappa shape index (κ1) is 19.0. The number of hydrogen-bond acceptors (Lipinski definition) is 7. The van der Waals surface area contributed by atoms with Crippen LogP contribution in [0.1, 0.15) is 10.4 Å². The Kier molecular flexibility index (Phi) is 6.39. The molecular weight excluding hydrogens is 358 g/mol. The fourth-order valence-corrected chi connectivity index (χ4v) is 3.47. The summed E-state index contributed by atoms with van der Waals surface area (Å²) in [5.74, 6) is 0.855. The Labute approximate surface area is 156 Å². The minimum Gasteiger partial charge on any atom is -0.486 e. The number of nitrogens with zero attached hydrogens (tertiary/aromatic N) is 1. The van der Waals surface area contributed by atoms with Crippen LogP contribution in [0, 0.1) is 0 Å². The smallest absolute Gasteiger partial charge is 0.337 e. The van der Waals surface area contributed by atoms with Crippen LogP contribution in [0.4, 0.5) is 0 Å². The third kappa shape index (κ3) is 4.49. The average molecular weight is 381 g/mol. The van der Waals surface area contributed by atoms with Crippen LogP contribution in [-0.4, -0.2) is 80.5 Å². The zero-order valence-corrected chi connectivity index (χ0v) is 15.7. The lowest BCUT2D eigenvalue weighted by molar-refractivity contribution is -0.128. The topological polar surface area (TPSA) is 74.3 Å². The maximum atomic E-state index is 12.0. The summed E-state index contributed by atoms with van der Waals surface area (Å²) >= 11 is 1.52. The van der Waals surface area contributed by atoms with Crippen molar-refractivity contribution in [3.63, 3.8) is 0 Å². The molecule has 2 fully saturated rings. The van der Waals surface area contributed by atoms with E-state index in [1.54, 1.807) is 29.2 Å². The number of fused-ring (bicyclic) bond motifs is 1. The molecular formula is C18H23NO6S. The highest BCUT2D eigenvalue weighted by Gasteiger charge is 2.39. The van der Waals surface area contributed by atoms with Crippen molar-refractivity contribution in [2.45, 2.75) is 18.3 Å². The van der Waals surface area contributed by atoms with Crippen LogP contribution in [0.15, 0.2) is 24.3 Å². The maximum Gasteiger partial charge on any atom is 0.337 e. The average Bonchev–Trinajstić information content (AvgIpc) is 2.98. The molecule has 142 valence electrons. The summed E-state index contributed by atoms with van der Waals surface area (Å²) in [6.45, 7) is 1.91. The van der Waals surface area contributed by atoms with Gasteiger partial charge in [0, 0.05) is 13.1 Å². The second-order valence-electron chi connectivity index (χ2n) is 6.23. The molecule has 3 rings (SSSR count). The summed E-state index contributed by atoms with van der Waals surface area (Å²) < 4.78 is 22.4. The van der Waals surface area contributed by atoms with Crippen LogP contribution in [0.3, 0.4) is 0 Å². The molecule has 7 nitrogen and oxygen atoms in total. The monoisotopic (exact) mass is 381 g/mol. The van der Waals surface area contributed by atoms with Gasteiger partial charge in [0.1, 0.15) is 24.1 Å². The quantitative estimate of drug-likeness (QED) is 0.710. The lowest BCUT2D eigenvalue weighted by atomic mass is 10.2. The fourth-order valence-electron chi connectivity index (χ4n) is 3.04. The Hall–Kier alpha value is -1.77. The standard InChI is InChI=1S/C18H23NO6S/c1-22-18(21)12-3-5-13(6-4-12)25-14-9-23-15-7-19(17(20)11-26-2)8-16(15)24-10-14/h3-6,14-16H,7-11H2,1-2H3/t15-,16-/m0/s1.